The Bertz CT molecular complexity index is 998. The van der Waals surface area contributed by atoms with E-state index in [9.17, 15) is 4.79 Å². The van der Waals surface area contributed by atoms with E-state index in [4.69, 9.17) is 10.00 Å². The summed E-state index contributed by atoms with van der Waals surface area (Å²) in [5, 5.41) is 23.4. The fourth-order valence-corrected chi connectivity index (χ4v) is 4.13. The van der Waals surface area contributed by atoms with Gasteiger partial charge in [-0.05, 0) is 43.3 Å². The molecule has 1 aromatic heterocycles. The van der Waals surface area contributed by atoms with Crippen LogP contribution in [0.25, 0.3) is 0 Å². The van der Waals surface area contributed by atoms with E-state index < -0.39 is 0 Å². The Labute approximate surface area is 170 Å². The predicted molar refractivity (Wildman–Crippen MR) is 111 cm³/mol. The zero-order valence-electron chi connectivity index (χ0n) is 15.2. The van der Waals surface area contributed by atoms with Gasteiger partial charge in [-0.2, -0.15) is 5.26 Å². The number of thioether (sulfide) groups is 1. The van der Waals surface area contributed by atoms with Crippen LogP contribution < -0.4 is 15.4 Å². The lowest BCUT2D eigenvalue weighted by Crippen LogP contribution is -2.22. The van der Waals surface area contributed by atoms with Crippen LogP contribution in [0.15, 0.2) is 52.9 Å². The third kappa shape index (κ3) is 5.22. The van der Waals surface area contributed by atoms with Gasteiger partial charge in [0, 0.05) is 17.4 Å². The van der Waals surface area contributed by atoms with Crippen LogP contribution in [0.2, 0.25) is 0 Å². The summed E-state index contributed by atoms with van der Waals surface area (Å²) < 4.78 is 5.89. The van der Waals surface area contributed by atoms with Crippen LogP contribution in [0.1, 0.15) is 12.5 Å². The molecular formula is C19H17N5O2S2. The molecule has 0 fully saturated rings. The molecule has 2 N–H and O–H groups in total. The first kappa shape index (κ1) is 19.7. The Morgan fingerprint density at radius 3 is 2.71 bits per heavy atom. The Hall–Kier alpha value is -3.09. The van der Waals surface area contributed by atoms with Crippen LogP contribution in [0.5, 0.6) is 5.75 Å². The first-order valence-electron chi connectivity index (χ1n) is 8.29. The summed E-state index contributed by atoms with van der Waals surface area (Å²) in [4.78, 5) is 12.4. The predicted octanol–water partition coefficient (Wildman–Crippen LogP) is 4.28. The number of carbonyl (C=O) groups excluding carboxylic acids is 1. The van der Waals surface area contributed by atoms with Crippen molar-refractivity contribution in [1.29, 1.82) is 5.26 Å². The van der Waals surface area contributed by atoms with Crippen molar-refractivity contribution in [2.75, 3.05) is 17.7 Å². The van der Waals surface area contributed by atoms with Gasteiger partial charge in [-0.3, -0.25) is 4.79 Å². The zero-order valence-corrected chi connectivity index (χ0v) is 16.8. The van der Waals surface area contributed by atoms with E-state index in [-0.39, 0.29) is 11.2 Å². The maximum Gasteiger partial charge on any atom is 0.237 e. The number of ether oxygens (including phenoxy) is 1. The number of nitriles is 1. The first-order valence-corrected chi connectivity index (χ1v) is 9.99. The average Bonchev–Trinajstić information content (AvgIpc) is 3.15. The topological polar surface area (TPSA) is 99.9 Å². The maximum atomic E-state index is 12.4. The molecule has 0 unspecified atom stereocenters. The van der Waals surface area contributed by atoms with Gasteiger partial charge in [0.05, 0.1) is 24.0 Å². The number of nitrogens with zero attached hydrogens (tertiary/aromatic N) is 3. The van der Waals surface area contributed by atoms with Gasteiger partial charge in [0.15, 0.2) is 4.34 Å². The number of carbonyl (C=O) groups is 1. The number of rotatable bonds is 7. The molecule has 28 heavy (non-hydrogen) atoms. The van der Waals surface area contributed by atoms with Crippen LogP contribution >= 0.6 is 23.1 Å². The molecule has 0 saturated heterocycles. The lowest BCUT2D eigenvalue weighted by molar-refractivity contribution is -0.115. The second-order valence-electron chi connectivity index (χ2n) is 5.67. The second kappa shape index (κ2) is 9.21. The summed E-state index contributed by atoms with van der Waals surface area (Å²) in [5.41, 5.74) is 2.04. The van der Waals surface area contributed by atoms with Gasteiger partial charge in [-0.15, -0.1) is 10.2 Å². The van der Waals surface area contributed by atoms with Crippen LogP contribution in [0.3, 0.4) is 0 Å². The van der Waals surface area contributed by atoms with Crippen molar-refractivity contribution in [3.8, 4) is 11.8 Å². The van der Waals surface area contributed by atoms with E-state index >= 15 is 0 Å². The van der Waals surface area contributed by atoms with Crippen molar-refractivity contribution in [2.24, 2.45) is 0 Å². The fraction of sp³-hybridized carbons (Fsp3) is 0.158. The first-order chi connectivity index (χ1) is 13.6. The summed E-state index contributed by atoms with van der Waals surface area (Å²) in [6.07, 6.45) is 0. The van der Waals surface area contributed by atoms with Crippen molar-refractivity contribution in [3.63, 3.8) is 0 Å². The quantitative estimate of drug-likeness (QED) is 0.560. The highest BCUT2D eigenvalue weighted by atomic mass is 32.2. The van der Waals surface area contributed by atoms with Crippen LogP contribution in [0.4, 0.5) is 16.5 Å². The van der Waals surface area contributed by atoms with Crippen LogP contribution in [0, 0.1) is 11.3 Å². The molecule has 0 saturated carbocycles. The van der Waals surface area contributed by atoms with Crippen molar-refractivity contribution in [1.82, 2.24) is 10.2 Å². The van der Waals surface area contributed by atoms with E-state index in [1.54, 1.807) is 38.3 Å². The minimum Gasteiger partial charge on any atom is -0.497 e. The van der Waals surface area contributed by atoms with E-state index in [0.29, 0.717) is 20.7 Å². The lowest BCUT2D eigenvalue weighted by atomic mass is 10.2. The number of benzene rings is 2. The molecule has 0 aliphatic heterocycles. The Morgan fingerprint density at radius 1 is 1.21 bits per heavy atom. The highest BCUT2D eigenvalue weighted by molar-refractivity contribution is 8.02. The monoisotopic (exact) mass is 411 g/mol. The molecule has 0 aliphatic rings. The smallest absolute Gasteiger partial charge is 0.237 e. The van der Waals surface area contributed by atoms with E-state index in [1.807, 2.05) is 30.3 Å². The summed E-state index contributed by atoms with van der Waals surface area (Å²) in [5.74, 6) is 0.601. The summed E-state index contributed by atoms with van der Waals surface area (Å²) in [6.45, 7) is 1.81. The largest absolute Gasteiger partial charge is 0.497 e. The molecule has 3 aromatic rings. The maximum absolute atomic E-state index is 12.4. The molecule has 1 atom stereocenters. The standard InChI is InChI=1S/C19H17N5O2S2/c1-12(17(25)21-14-8-6-13(11-20)7-9-14)27-19-24-23-18(28-19)22-15-4-3-5-16(10-15)26-2/h3-10,12H,1-2H3,(H,21,25)(H,22,23)/t12-/m0/s1. The SMILES string of the molecule is COc1cccc(Nc2nnc(S[C@@H](C)C(=O)Nc3ccc(C#N)cc3)s2)c1. The lowest BCUT2D eigenvalue weighted by Gasteiger charge is -2.10. The molecule has 1 amide bonds. The number of hydrogen-bond acceptors (Lipinski definition) is 8. The third-order valence-corrected chi connectivity index (χ3v) is 5.68. The van der Waals surface area contributed by atoms with E-state index in [1.165, 1.54) is 23.1 Å². The van der Waals surface area contributed by atoms with Crippen LogP contribution in [-0.4, -0.2) is 28.5 Å². The normalized spacial score (nSPS) is 11.3. The van der Waals surface area contributed by atoms with Gasteiger partial charge in [-0.25, -0.2) is 0 Å². The molecule has 0 spiro atoms. The number of amides is 1. The van der Waals surface area contributed by atoms with Crippen molar-refractivity contribution >= 4 is 45.5 Å². The Kier molecular flexibility index (Phi) is 6.47. The summed E-state index contributed by atoms with van der Waals surface area (Å²) in [7, 11) is 1.61. The van der Waals surface area contributed by atoms with Crippen molar-refractivity contribution in [3.05, 3.63) is 54.1 Å². The van der Waals surface area contributed by atoms with Gasteiger partial charge in [0.25, 0.3) is 0 Å². The van der Waals surface area contributed by atoms with Gasteiger partial charge in [-0.1, -0.05) is 29.2 Å². The van der Waals surface area contributed by atoms with Crippen LogP contribution in [-0.2, 0) is 4.79 Å². The molecule has 142 valence electrons. The van der Waals surface area contributed by atoms with Gasteiger partial charge < -0.3 is 15.4 Å². The molecule has 3 rings (SSSR count). The number of nitrogens with one attached hydrogen (secondary N) is 2. The minimum atomic E-state index is -0.353. The molecule has 1 heterocycles. The molecule has 7 nitrogen and oxygen atoms in total. The number of methoxy groups -OCH3 is 1. The second-order valence-corrected chi connectivity index (χ2v) is 8.23. The molecule has 0 bridgehead atoms. The number of hydrogen-bond donors (Lipinski definition) is 2. The average molecular weight is 412 g/mol. The van der Waals surface area contributed by atoms with Gasteiger partial charge in [0.2, 0.25) is 11.0 Å². The Morgan fingerprint density at radius 2 is 2.00 bits per heavy atom. The third-order valence-electron chi connectivity index (χ3n) is 3.66. The number of aromatic nitrogens is 2. The highest BCUT2D eigenvalue weighted by Gasteiger charge is 2.17. The minimum absolute atomic E-state index is 0.146. The van der Waals surface area contributed by atoms with E-state index in [0.717, 1.165) is 11.4 Å². The Balaban J connectivity index is 1.57. The molecule has 0 radical (unpaired) electrons. The van der Waals surface area contributed by atoms with E-state index in [2.05, 4.69) is 20.8 Å². The summed E-state index contributed by atoms with van der Waals surface area (Å²) >= 11 is 2.70. The molecular weight excluding hydrogens is 394 g/mol. The highest BCUT2D eigenvalue weighted by Crippen LogP contribution is 2.31. The zero-order chi connectivity index (χ0) is 19.9. The van der Waals surface area contributed by atoms with Gasteiger partial charge in [0.1, 0.15) is 5.75 Å². The fourth-order valence-electron chi connectivity index (χ4n) is 2.21. The molecule has 9 heteroatoms. The summed E-state index contributed by atoms with van der Waals surface area (Å²) in [6, 6.07) is 16.3. The van der Waals surface area contributed by atoms with Gasteiger partial charge >= 0.3 is 0 Å². The number of anilines is 3. The van der Waals surface area contributed by atoms with Crippen molar-refractivity contribution < 1.29 is 9.53 Å². The van der Waals surface area contributed by atoms with Crippen molar-refractivity contribution in [2.45, 2.75) is 16.5 Å². The molecule has 2 aromatic carbocycles. The molecule has 0 aliphatic carbocycles.